The third kappa shape index (κ3) is 2.11. The minimum atomic E-state index is -0.482. The van der Waals surface area contributed by atoms with Crippen LogP contribution in [0.5, 0.6) is 0 Å². The monoisotopic (exact) mass is 218 g/mol. The number of hydrogen-bond donors (Lipinski definition) is 1. The zero-order chi connectivity index (χ0) is 10.8. The summed E-state index contributed by atoms with van der Waals surface area (Å²) >= 11 is 1.59. The predicted molar refractivity (Wildman–Crippen MR) is 64.3 cm³/mol. The average molecular weight is 218 g/mol. The fraction of sp³-hybridized carbons (Fsp3) is 0.231. The van der Waals surface area contributed by atoms with Gasteiger partial charge in [0.05, 0.1) is 0 Å². The summed E-state index contributed by atoms with van der Waals surface area (Å²) in [4.78, 5) is 0.998. The fourth-order valence-corrected chi connectivity index (χ4v) is 2.28. The molecule has 0 aliphatic rings. The summed E-state index contributed by atoms with van der Waals surface area (Å²) in [7, 11) is 0. The van der Waals surface area contributed by atoms with Crippen LogP contribution in [0.1, 0.15) is 27.7 Å². The Kier molecular flexibility index (Phi) is 2.89. The van der Waals surface area contributed by atoms with Gasteiger partial charge in [0.15, 0.2) is 0 Å². The molecule has 0 aliphatic carbocycles. The van der Waals surface area contributed by atoms with Gasteiger partial charge >= 0.3 is 0 Å². The molecule has 1 aromatic carbocycles. The lowest BCUT2D eigenvalue weighted by Crippen LogP contribution is -1.97. The van der Waals surface area contributed by atoms with Gasteiger partial charge < -0.3 is 5.11 Å². The van der Waals surface area contributed by atoms with E-state index in [1.807, 2.05) is 23.6 Å². The summed E-state index contributed by atoms with van der Waals surface area (Å²) in [5, 5.41) is 12.1. The topological polar surface area (TPSA) is 20.2 Å². The Balaban J connectivity index is 2.34. The Labute approximate surface area is 94.0 Å². The number of rotatable bonds is 2. The number of aliphatic hydroxyl groups is 1. The molecule has 0 saturated carbocycles. The maximum atomic E-state index is 10.1. The molecule has 0 aliphatic heterocycles. The lowest BCUT2D eigenvalue weighted by Gasteiger charge is -2.10. The first-order valence-corrected chi connectivity index (χ1v) is 5.85. The van der Waals surface area contributed by atoms with Crippen LogP contribution < -0.4 is 0 Å². The first-order chi connectivity index (χ1) is 7.18. The van der Waals surface area contributed by atoms with Crippen molar-refractivity contribution in [3.05, 3.63) is 57.3 Å². The van der Waals surface area contributed by atoms with Gasteiger partial charge in [-0.25, -0.2) is 0 Å². The summed E-state index contributed by atoms with van der Waals surface area (Å²) in [6, 6.07) is 10.0. The van der Waals surface area contributed by atoms with Crippen LogP contribution in [0, 0.1) is 13.8 Å². The molecule has 0 saturated heterocycles. The summed E-state index contributed by atoms with van der Waals surface area (Å²) in [6.45, 7) is 4.15. The van der Waals surface area contributed by atoms with Crippen LogP contribution in [0.25, 0.3) is 0 Å². The molecule has 0 bridgehead atoms. The van der Waals surface area contributed by atoms with Crippen LogP contribution in [0.15, 0.2) is 35.7 Å². The van der Waals surface area contributed by atoms with Crippen molar-refractivity contribution in [1.82, 2.24) is 0 Å². The van der Waals surface area contributed by atoms with E-state index < -0.39 is 6.10 Å². The summed E-state index contributed by atoms with van der Waals surface area (Å²) in [6.07, 6.45) is -0.482. The van der Waals surface area contributed by atoms with Crippen molar-refractivity contribution in [2.45, 2.75) is 20.0 Å². The van der Waals surface area contributed by atoms with Crippen molar-refractivity contribution < 1.29 is 5.11 Å². The second-order valence-electron chi connectivity index (χ2n) is 3.76. The van der Waals surface area contributed by atoms with E-state index in [0.29, 0.717) is 0 Å². The highest BCUT2D eigenvalue weighted by molar-refractivity contribution is 7.10. The Hall–Kier alpha value is -1.12. The number of hydrogen-bond acceptors (Lipinski definition) is 2. The Morgan fingerprint density at radius 2 is 1.93 bits per heavy atom. The smallest absolute Gasteiger partial charge is 0.113 e. The van der Waals surface area contributed by atoms with Gasteiger partial charge in [-0.3, -0.25) is 0 Å². The zero-order valence-electron chi connectivity index (χ0n) is 8.90. The van der Waals surface area contributed by atoms with E-state index in [2.05, 4.69) is 26.0 Å². The number of benzene rings is 1. The van der Waals surface area contributed by atoms with Crippen LogP contribution >= 0.6 is 11.3 Å². The second kappa shape index (κ2) is 4.17. The Morgan fingerprint density at radius 3 is 2.53 bits per heavy atom. The molecule has 15 heavy (non-hydrogen) atoms. The van der Waals surface area contributed by atoms with Crippen molar-refractivity contribution in [2.75, 3.05) is 0 Å². The van der Waals surface area contributed by atoms with E-state index in [0.717, 1.165) is 10.4 Å². The maximum absolute atomic E-state index is 10.1. The first kappa shape index (κ1) is 10.4. The van der Waals surface area contributed by atoms with Gasteiger partial charge in [-0.1, -0.05) is 24.3 Å². The molecule has 0 radical (unpaired) electrons. The molecule has 2 heteroatoms. The lowest BCUT2D eigenvalue weighted by atomic mass is 10.0. The highest BCUT2D eigenvalue weighted by atomic mass is 32.1. The van der Waals surface area contributed by atoms with E-state index in [1.165, 1.54) is 11.1 Å². The van der Waals surface area contributed by atoms with Gasteiger partial charge in [-0.15, -0.1) is 11.3 Å². The quantitative estimate of drug-likeness (QED) is 0.818. The highest BCUT2D eigenvalue weighted by Gasteiger charge is 2.11. The fourth-order valence-electron chi connectivity index (χ4n) is 1.55. The van der Waals surface area contributed by atoms with Gasteiger partial charge in [0, 0.05) is 4.88 Å². The normalized spacial score (nSPS) is 12.7. The number of aliphatic hydroxyl groups excluding tert-OH is 1. The standard InChI is InChI=1S/C13H14OS/c1-9-5-6-11(8-10(9)2)13(14)12-4-3-7-15-12/h3-8,13-14H,1-2H3. The molecule has 1 unspecified atom stereocenters. The van der Waals surface area contributed by atoms with Crippen LogP contribution in [0.3, 0.4) is 0 Å². The molecule has 0 fully saturated rings. The van der Waals surface area contributed by atoms with E-state index in [-0.39, 0.29) is 0 Å². The first-order valence-electron chi connectivity index (χ1n) is 4.97. The predicted octanol–water partition coefficient (Wildman–Crippen LogP) is 3.45. The molecule has 78 valence electrons. The molecule has 0 spiro atoms. The Morgan fingerprint density at radius 1 is 1.13 bits per heavy atom. The van der Waals surface area contributed by atoms with Gasteiger partial charge in [0.25, 0.3) is 0 Å². The molecule has 0 amide bonds. The summed E-state index contributed by atoms with van der Waals surface area (Å²) in [5.74, 6) is 0. The van der Waals surface area contributed by atoms with E-state index >= 15 is 0 Å². The largest absolute Gasteiger partial charge is 0.383 e. The molecular weight excluding hydrogens is 204 g/mol. The molecule has 1 nitrogen and oxygen atoms in total. The van der Waals surface area contributed by atoms with Crippen LogP contribution in [-0.2, 0) is 0 Å². The lowest BCUT2D eigenvalue weighted by molar-refractivity contribution is 0.224. The molecule has 1 aromatic heterocycles. The van der Waals surface area contributed by atoms with Gasteiger partial charge in [0.2, 0.25) is 0 Å². The third-order valence-electron chi connectivity index (χ3n) is 2.66. The van der Waals surface area contributed by atoms with Crippen molar-refractivity contribution >= 4 is 11.3 Å². The number of aryl methyl sites for hydroxylation is 2. The summed E-state index contributed by atoms with van der Waals surface area (Å²) < 4.78 is 0. The Bertz CT molecular complexity index is 446. The van der Waals surface area contributed by atoms with Crippen molar-refractivity contribution in [3.63, 3.8) is 0 Å². The molecule has 2 aromatic rings. The van der Waals surface area contributed by atoms with Gasteiger partial charge in [-0.05, 0) is 42.0 Å². The second-order valence-corrected chi connectivity index (χ2v) is 4.74. The molecule has 2 rings (SSSR count). The van der Waals surface area contributed by atoms with E-state index in [4.69, 9.17) is 0 Å². The highest BCUT2D eigenvalue weighted by Crippen LogP contribution is 2.26. The van der Waals surface area contributed by atoms with Crippen LogP contribution in [0.2, 0.25) is 0 Å². The minimum absolute atomic E-state index is 0.482. The van der Waals surface area contributed by atoms with E-state index in [1.54, 1.807) is 11.3 Å². The van der Waals surface area contributed by atoms with Crippen LogP contribution in [-0.4, -0.2) is 5.11 Å². The minimum Gasteiger partial charge on any atom is -0.383 e. The summed E-state index contributed by atoms with van der Waals surface area (Å²) in [5.41, 5.74) is 3.46. The average Bonchev–Trinajstić information content (AvgIpc) is 2.74. The van der Waals surface area contributed by atoms with Gasteiger partial charge in [0.1, 0.15) is 6.10 Å². The molecule has 1 N–H and O–H groups in total. The van der Waals surface area contributed by atoms with Crippen molar-refractivity contribution in [1.29, 1.82) is 0 Å². The van der Waals surface area contributed by atoms with E-state index in [9.17, 15) is 5.11 Å². The third-order valence-corrected chi connectivity index (χ3v) is 3.58. The maximum Gasteiger partial charge on any atom is 0.113 e. The molecule has 1 heterocycles. The van der Waals surface area contributed by atoms with Gasteiger partial charge in [-0.2, -0.15) is 0 Å². The van der Waals surface area contributed by atoms with Crippen LogP contribution in [0.4, 0.5) is 0 Å². The molecular formula is C13H14OS. The zero-order valence-corrected chi connectivity index (χ0v) is 9.71. The molecule has 1 atom stereocenters. The van der Waals surface area contributed by atoms with Crippen molar-refractivity contribution in [3.8, 4) is 0 Å². The van der Waals surface area contributed by atoms with Crippen molar-refractivity contribution in [2.24, 2.45) is 0 Å². The number of thiophene rings is 1. The SMILES string of the molecule is Cc1ccc(C(O)c2cccs2)cc1C.